The fourth-order valence-electron chi connectivity index (χ4n) is 5.12. The lowest BCUT2D eigenvalue weighted by molar-refractivity contribution is 0.0562. The molecule has 1 N–H and O–H groups in total. The average molecular weight is 508 g/mol. The smallest absolute Gasteiger partial charge is 0.274 e. The van der Waals surface area contributed by atoms with Crippen molar-refractivity contribution in [2.75, 3.05) is 6.54 Å². The molecule has 1 aromatic heterocycles. The summed E-state index contributed by atoms with van der Waals surface area (Å²) in [5.74, 6) is -2.72. The molecular weight excluding hydrogens is 480 g/mol. The second-order valence-corrected chi connectivity index (χ2v) is 9.45. The van der Waals surface area contributed by atoms with E-state index < -0.39 is 23.0 Å². The second kappa shape index (κ2) is 10.2. The highest BCUT2D eigenvalue weighted by Crippen LogP contribution is 2.36. The number of carbonyl (C=O) groups excluding carboxylic acids is 2. The lowest BCUT2D eigenvalue weighted by Gasteiger charge is -2.40. The quantitative estimate of drug-likeness (QED) is 0.542. The molecule has 0 radical (unpaired) electrons. The molecule has 3 aromatic rings. The number of halogens is 2. The molecule has 5 rings (SSSR count). The number of hydrogen-bond acceptors (Lipinski definition) is 4. The number of hydrogen-bond donors (Lipinski definition) is 1. The molecule has 9 heteroatoms. The number of pyridine rings is 1. The number of rotatable bonds is 6. The third-order valence-corrected chi connectivity index (χ3v) is 7.14. The molecule has 192 valence electrons. The number of carbonyl (C=O) groups is 2. The van der Waals surface area contributed by atoms with Crippen molar-refractivity contribution in [2.45, 2.75) is 51.4 Å². The lowest BCUT2D eigenvalue weighted by Crippen LogP contribution is -2.50. The molecule has 2 aliphatic heterocycles. The average Bonchev–Trinajstić information content (AvgIpc) is 3.04. The van der Waals surface area contributed by atoms with Gasteiger partial charge in [-0.15, -0.1) is 0 Å². The second-order valence-electron chi connectivity index (χ2n) is 9.45. The molecule has 2 atom stereocenters. The van der Waals surface area contributed by atoms with Crippen LogP contribution in [0, 0.1) is 11.6 Å². The summed E-state index contributed by atoms with van der Waals surface area (Å²) in [5.41, 5.74) is 0.118. The standard InChI is InChI=1S/C28H27F2N3O4/c1-17-23-9-5-6-12-32(17)28(36)24-26(37-16-18-7-3-2-4-8-18)25(34)21(15-33(23)24)27(35)31-14-19-10-11-20(29)13-22(19)30/h2-4,7-8,10-11,13,15,17,23H,5-6,9,12,14,16H2,1H3,(H,31,35)/t17-,23-/m1/s1. The van der Waals surface area contributed by atoms with Gasteiger partial charge in [0.15, 0.2) is 11.4 Å². The molecule has 0 unspecified atom stereocenters. The summed E-state index contributed by atoms with van der Waals surface area (Å²) in [5, 5.41) is 2.55. The zero-order valence-electron chi connectivity index (χ0n) is 20.4. The number of fused-ring (bicyclic) bond motifs is 4. The van der Waals surface area contributed by atoms with Crippen LogP contribution >= 0.6 is 0 Å². The topological polar surface area (TPSA) is 80.6 Å². The van der Waals surface area contributed by atoms with Crippen LogP contribution in [0.15, 0.2) is 59.5 Å². The van der Waals surface area contributed by atoms with E-state index in [0.29, 0.717) is 6.54 Å². The first-order valence-corrected chi connectivity index (χ1v) is 12.3. The normalized spacial score (nSPS) is 18.7. The Morgan fingerprint density at radius 2 is 1.89 bits per heavy atom. The summed E-state index contributed by atoms with van der Waals surface area (Å²) in [4.78, 5) is 42.0. The third kappa shape index (κ3) is 4.73. The monoisotopic (exact) mass is 507 g/mol. The maximum absolute atomic E-state index is 14.1. The van der Waals surface area contributed by atoms with E-state index in [1.807, 2.05) is 37.3 Å². The van der Waals surface area contributed by atoms with Gasteiger partial charge in [-0.05, 0) is 37.8 Å². The number of aromatic nitrogens is 1. The van der Waals surface area contributed by atoms with E-state index in [-0.39, 0.29) is 53.7 Å². The first kappa shape index (κ1) is 24.7. The Kier molecular flexibility index (Phi) is 6.78. The molecule has 2 bridgehead atoms. The van der Waals surface area contributed by atoms with E-state index in [2.05, 4.69) is 5.32 Å². The fourth-order valence-corrected chi connectivity index (χ4v) is 5.12. The van der Waals surface area contributed by atoms with E-state index in [1.54, 1.807) is 9.47 Å². The van der Waals surface area contributed by atoms with Gasteiger partial charge in [-0.25, -0.2) is 8.78 Å². The highest BCUT2D eigenvalue weighted by Gasteiger charge is 2.41. The molecule has 2 aliphatic rings. The molecule has 3 heterocycles. The fraction of sp³-hybridized carbons (Fsp3) is 0.321. The minimum Gasteiger partial charge on any atom is -0.483 e. The lowest BCUT2D eigenvalue weighted by atomic mass is 9.99. The number of benzene rings is 2. The largest absolute Gasteiger partial charge is 0.483 e. The van der Waals surface area contributed by atoms with Crippen LogP contribution in [0.25, 0.3) is 0 Å². The zero-order valence-corrected chi connectivity index (χ0v) is 20.4. The molecule has 1 fully saturated rings. The molecular formula is C28H27F2N3O4. The molecule has 0 spiro atoms. The van der Waals surface area contributed by atoms with Crippen LogP contribution in [-0.2, 0) is 13.2 Å². The minimum atomic E-state index is -0.799. The predicted molar refractivity (Wildman–Crippen MR) is 132 cm³/mol. The Morgan fingerprint density at radius 3 is 2.65 bits per heavy atom. The van der Waals surface area contributed by atoms with Crippen molar-refractivity contribution >= 4 is 11.8 Å². The first-order valence-electron chi connectivity index (χ1n) is 12.3. The van der Waals surface area contributed by atoms with Gasteiger partial charge in [0.25, 0.3) is 11.8 Å². The number of nitrogens with zero attached hydrogens (tertiary/aromatic N) is 2. The highest BCUT2D eigenvalue weighted by molar-refractivity contribution is 5.99. The Bertz CT molecular complexity index is 1410. The summed E-state index contributed by atoms with van der Waals surface area (Å²) in [6, 6.07) is 12.0. The highest BCUT2D eigenvalue weighted by atomic mass is 19.1. The summed E-state index contributed by atoms with van der Waals surface area (Å²) in [6.07, 6.45) is 3.95. The summed E-state index contributed by atoms with van der Waals surface area (Å²) in [6.45, 7) is 2.37. The van der Waals surface area contributed by atoms with Gasteiger partial charge in [-0.2, -0.15) is 0 Å². The summed E-state index contributed by atoms with van der Waals surface area (Å²) in [7, 11) is 0. The van der Waals surface area contributed by atoms with Gasteiger partial charge in [0.05, 0.1) is 6.04 Å². The number of nitrogens with one attached hydrogen (secondary N) is 1. The molecule has 2 aromatic carbocycles. The Morgan fingerprint density at radius 1 is 1.11 bits per heavy atom. The van der Waals surface area contributed by atoms with Crippen molar-refractivity contribution in [2.24, 2.45) is 0 Å². The molecule has 0 saturated carbocycles. The zero-order chi connectivity index (χ0) is 26.1. The van der Waals surface area contributed by atoms with E-state index in [9.17, 15) is 23.2 Å². The Labute approximate surface area is 212 Å². The van der Waals surface area contributed by atoms with Crippen molar-refractivity contribution in [1.29, 1.82) is 0 Å². The van der Waals surface area contributed by atoms with Crippen molar-refractivity contribution in [3.63, 3.8) is 0 Å². The first-order chi connectivity index (χ1) is 17.8. The Hall–Kier alpha value is -4.01. The van der Waals surface area contributed by atoms with Gasteiger partial charge in [0.2, 0.25) is 5.43 Å². The van der Waals surface area contributed by atoms with Crippen LogP contribution in [-0.4, -0.2) is 33.9 Å². The molecule has 37 heavy (non-hydrogen) atoms. The van der Waals surface area contributed by atoms with Crippen molar-refractivity contribution in [3.05, 3.63) is 99.0 Å². The molecule has 7 nitrogen and oxygen atoms in total. The predicted octanol–water partition coefficient (Wildman–Crippen LogP) is 4.20. The number of ether oxygens (including phenoxy) is 1. The van der Waals surface area contributed by atoms with Crippen molar-refractivity contribution in [1.82, 2.24) is 14.8 Å². The van der Waals surface area contributed by atoms with Crippen LogP contribution in [0.1, 0.15) is 64.2 Å². The van der Waals surface area contributed by atoms with E-state index >= 15 is 0 Å². The van der Waals surface area contributed by atoms with E-state index in [4.69, 9.17) is 4.74 Å². The van der Waals surface area contributed by atoms with Crippen molar-refractivity contribution < 1.29 is 23.1 Å². The van der Waals surface area contributed by atoms with E-state index in [0.717, 1.165) is 37.0 Å². The third-order valence-electron chi connectivity index (χ3n) is 7.14. The van der Waals surface area contributed by atoms with Crippen LogP contribution < -0.4 is 15.5 Å². The number of amides is 2. The maximum atomic E-state index is 14.1. The summed E-state index contributed by atoms with van der Waals surface area (Å²) >= 11 is 0. The minimum absolute atomic E-state index is 0.0441. The van der Waals surface area contributed by atoms with Gasteiger partial charge in [0, 0.05) is 37.0 Å². The Balaban J connectivity index is 1.54. The van der Waals surface area contributed by atoms with Gasteiger partial charge in [-0.1, -0.05) is 36.4 Å². The van der Waals surface area contributed by atoms with E-state index in [1.165, 1.54) is 12.3 Å². The van der Waals surface area contributed by atoms with Crippen LogP contribution in [0.2, 0.25) is 0 Å². The molecule has 0 aliphatic carbocycles. The van der Waals surface area contributed by atoms with Crippen molar-refractivity contribution in [3.8, 4) is 5.75 Å². The van der Waals surface area contributed by atoms with Gasteiger partial charge in [-0.3, -0.25) is 14.4 Å². The van der Waals surface area contributed by atoms with Gasteiger partial charge < -0.3 is 19.5 Å². The SMILES string of the molecule is C[C@@H]1[C@H]2CCCCN1C(=O)c1c(OCc3ccccc3)c(=O)c(C(=O)NCc3ccc(F)cc3F)cn12. The van der Waals surface area contributed by atoms with Crippen LogP contribution in [0.4, 0.5) is 8.78 Å². The maximum Gasteiger partial charge on any atom is 0.274 e. The molecule has 1 saturated heterocycles. The van der Waals surface area contributed by atoms with Crippen LogP contribution in [0.5, 0.6) is 5.75 Å². The van der Waals surface area contributed by atoms with Gasteiger partial charge in [0.1, 0.15) is 23.8 Å². The van der Waals surface area contributed by atoms with Gasteiger partial charge >= 0.3 is 0 Å². The summed E-state index contributed by atoms with van der Waals surface area (Å²) < 4.78 is 35.0. The van der Waals surface area contributed by atoms with Crippen LogP contribution in [0.3, 0.4) is 0 Å². The molecule has 2 amide bonds.